The molecule has 142 valence electrons. The highest BCUT2D eigenvalue weighted by Gasteiger charge is 2.24. The normalized spacial score (nSPS) is 16.9. The molecule has 1 aromatic heterocycles. The van der Waals surface area contributed by atoms with Gasteiger partial charge in [0.05, 0.1) is 23.8 Å². The van der Waals surface area contributed by atoms with E-state index in [1.54, 1.807) is 19.0 Å². The van der Waals surface area contributed by atoms with E-state index >= 15 is 0 Å². The van der Waals surface area contributed by atoms with Crippen LogP contribution >= 0.6 is 0 Å². The number of aryl methyl sites for hydroxylation is 1. The summed E-state index contributed by atoms with van der Waals surface area (Å²) in [6, 6.07) is 5.56. The number of nitrogens with zero attached hydrogens (tertiary/aromatic N) is 5. The third-order valence-corrected chi connectivity index (χ3v) is 6.10. The Hall–Kier alpha value is -1.97. The van der Waals surface area contributed by atoms with Crippen molar-refractivity contribution in [1.29, 1.82) is 0 Å². The molecule has 1 saturated heterocycles. The van der Waals surface area contributed by atoms with Crippen LogP contribution in [0.25, 0.3) is 11.0 Å². The van der Waals surface area contributed by atoms with Gasteiger partial charge in [0.1, 0.15) is 5.82 Å². The predicted octanol–water partition coefficient (Wildman–Crippen LogP) is 0.352. The second-order valence-electron chi connectivity index (χ2n) is 6.93. The van der Waals surface area contributed by atoms with Crippen molar-refractivity contribution in [3.05, 3.63) is 29.6 Å². The van der Waals surface area contributed by atoms with Crippen molar-refractivity contribution in [3.63, 3.8) is 0 Å². The molecule has 0 N–H and O–H groups in total. The van der Waals surface area contributed by atoms with Crippen LogP contribution in [-0.2, 0) is 23.6 Å². The van der Waals surface area contributed by atoms with E-state index < -0.39 is 10.0 Å². The maximum atomic E-state index is 12.1. The average Bonchev–Trinajstić information content (AvgIpc) is 2.89. The highest BCUT2D eigenvalue weighted by Crippen LogP contribution is 2.19. The average molecular weight is 379 g/mol. The Morgan fingerprint density at radius 3 is 2.42 bits per heavy atom. The number of hydrogen-bond donors (Lipinski definition) is 0. The fourth-order valence-electron chi connectivity index (χ4n) is 3.20. The molecule has 0 radical (unpaired) electrons. The lowest BCUT2D eigenvalue weighted by Crippen LogP contribution is -2.48. The van der Waals surface area contributed by atoms with Gasteiger partial charge < -0.3 is 9.47 Å². The van der Waals surface area contributed by atoms with Crippen molar-refractivity contribution in [1.82, 2.24) is 23.7 Å². The molecule has 0 bridgehead atoms. The summed E-state index contributed by atoms with van der Waals surface area (Å²) < 4.78 is 26.8. The molecule has 26 heavy (non-hydrogen) atoms. The van der Waals surface area contributed by atoms with Crippen LogP contribution in [0.1, 0.15) is 16.2 Å². The van der Waals surface area contributed by atoms with E-state index in [4.69, 9.17) is 4.98 Å². The van der Waals surface area contributed by atoms with E-state index in [9.17, 15) is 13.2 Å². The van der Waals surface area contributed by atoms with Crippen LogP contribution in [-0.4, -0.2) is 84.5 Å². The minimum absolute atomic E-state index is 0.0454. The van der Waals surface area contributed by atoms with Gasteiger partial charge in [-0.05, 0) is 18.2 Å². The Labute approximate surface area is 154 Å². The zero-order chi connectivity index (χ0) is 19.1. The second kappa shape index (κ2) is 6.98. The quantitative estimate of drug-likeness (QED) is 0.766. The summed E-state index contributed by atoms with van der Waals surface area (Å²) >= 11 is 0. The standard InChI is InChI=1S/C17H25N5O3S/c1-19(2)17(23)13-5-6-15-14(11-13)18-16(20(15)3)12-21-7-9-22(10-8-21)26(4,24)25/h5-6,11H,7-10,12H2,1-4H3. The topological polar surface area (TPSA) is 78.8 Å². The third-order valence-electron chi connectivity index (χ3n) is 4.79. The molecule has 8 nitrogen and oxygen atoms in total. The number of aromatic nitrogens is 2. The van der Waals surface area contributed by atoms with Gasteiger partial charge in [-0.25, -0.2) is 13.4 Å². The number of fused-ring (bicyclic) bond motifs is 1. The number of hydrogen-bond acceptors (Lipinski definition) is 5. The Morgan fingerprint density at radius 1 is 1.19 bits per heavy atom. The number of benzene rings is 1. The Bertz CT molecular complexity index is 927. The number of sulfonamides is 1. The second-order valence-corrected chi connectivity index (χ2v) is 8.91. The maximum absolute atomic E-state index is 12.1. The molecule has 0 unspecified atom stereocenters. The van der Waals surface area contributed by atoms with Crippen LogP contribution < -0.4 is 0 Å². The van der Waals surface area contributed by atoms with E-state index in [-0.39, 0.29) is 5.91 Å². The van der Waals surface area contributed by atoms with Crippen LogP contribution in [0, 0.1) is 0 Å². The summed E-state index contributed by atoms with van der Waals surface area (Å²) in [5, 5.41) is 0. The van der Waals surface area contributed by atoms with Crippen molar-refractivity contribution in [3.8, 4) is 0 Å². The van der Waals surface area contributed by atoms with Gasteiger partial charge in [0.25, 0.3) is 5.91 Å². The number of piperazine rings is 1. The largest absolute Gasteiger partial charge is 0.345 e. The molecule has 9 heteroatoms. The predicted molar refractivity (Wildman–Crippen MR) is 100 cm³/mol. The number of imidazole rings is 1. The van der Waals surface area contributed by atoms with E-state index in [1.807, 2.05) is 29.8 Å². The SMILES string of the molecule is CN(C)C(=O)c1ccc2c(c1)nc(CN1CCN(S(C)(=O)=O)CC1)n2C. The van der Waals surface area contributed by atoms with Gasteiger partial charge in [0.2, 0.25) is 10.0 Å². The van der Waals surface area contributed by atoms with Crippen LogP contribution in [0.4, 0.5) is 0 Å². The summed E-state index contributed by atoms with van der Waals surface area (Å²) in [7, 11) is 2.30. The molecule has 2 heterocycles. The van der Waals surface area contributed by atoms with Gasteiger partial charge in [0, 0.05) is 52.9 Å². The zero-order valence-corrected chi connectivity index (χ0v) is 16.5. The van der Waals surface area contributed by atoms with Gasteiger partial charge in [0.15, 0.2) is 0 Å². The van der Waals surface area contributed by atoms with E-state index in [2.05, 4.69) is 4.90 Å². The Morgan fingerprint density at radius 2 is 1.85 bits per heavy atom. The first kappa shape index (κ1) is 18.8. The number of carbonyl (C=O) groups excluding carboxylic acids is 1. The first-order valence-electron chi connectivity index (χ1n) is 8.51. The molecule has 0 spiro atoms. The van der Waals surface area contributed by atoms with E-state index in [1.165, 1.54) is 10.6 Å². The van der Waals surface area contributed by atoms with Crippen LogP contribution in [0.15, 0.2) is 18.2 Å². The fraction of sp³-hybridized carbons (Fsp3) is 0.529. The van der Waals surface area contributed by atoms with Crippen LogP contribution in [0.3, 0.4) is 0 Å². The lowest BCUT2D eigenvalue weighted by atomic mass is 10.2. The van der Waals surface area contributed by atoms with E-state index in [0.29, 0.717) is 38.3 Å². The van der Waals surface area contributed by atoms with Crippen molar-refractivity contribution in [2.24, 2.45) is 7.05 Å². The van der Waals surface area contributed by atoms with Crippen LogP contribution in [0.2, 0.25) is 0 Å². The zero-order valence-electron chi connectivity index (χ0n) is 15.6. The van der Waals surface area contributed by atoms with Crippen molar-refractivity contribution in [2.45, 2.75) is 6.54 Å². The summed E-state index contributed by atoms with van der Waals surface area (Å²) in [4.78, 5) is 20.6. The lowest BCUT2D eigenvalue weighted by Gasteiger charge is -2.32. The fourth-order valence-corrected chi connectivity index (χ4v) is 4.03. The summed E-state index contributed by atoms with van der Waals surface area (Å²) in [5.41, 5.74) is 2.39. The molecule has 1 aromatic carbocycles. The van der Waals surface area contributed by atoms with Gasteiger partial charge in [-0.15, -0.1) is 0 Å². The molecule has 1 aliphatic rings. The van der Waals surface area contributed by atoms with Crippen molar-refractivity contribution < 1.29 is 13.2 Å². The van der Waals surface area contributed by atoms with Crippen LogP contribution in [0.5, 0.6) is 0 Å². The highest BCUT2D eigenvalue weighted by molar-refractivity contribution is 7.88. The molecule has 3 rings (SSSR count). The minimum Gasteiger partial charge on any atom is -0.345 e. The summed E-state index contributed by atoms with van der Waals surface area (Å²) in [5.74, 6) is 0.859. The highest BCUT2D eigenvalue weighted by atomic mass is 32.2. The molecular formula is C17H25N5O3S. The van der Waals surface area contributed by atoms with Gasteiger partial charge in [-0.3, -0.25) is 9.69 Å². The Kier molecular flexibility index (Phi) is 5.05. The molecular weight excluding hydrogens is 354 g/mol. The molecule has 0 atom stereocenters. The van der Waals surface area contributed by atoms with E-state index in [0.717, 1.165) is 16.9 Å². The summed E-state index contributed by atoms with van der Waals surface area (Å²) in [6.07, 6.45) is 1.25. The van der Waals surface area contributed by atoms with Gasteiger partial charge in [-0.1, -0.05) is 0 Å². The molecule has 1 fully saturated rings. The van der Waals surface area contributed by atoms with Gasteiger partial charge >= 0.3 is 0 Å². The monoisotopic (exact) mass is 379 g/mol. The third kappa shape index (κ3) is 3.74. The lowest BCUT2D eigenvalue weighted by molar-refractivity contribution is 0.0827. The molecule has 2 aromatic rings. The first-order valence-corrected chi connectivity index (χ1v) is 10.4. The summed E-state index contributed by atoms with van der Waals surface area (Å²) in [6.45, 7) is 3.02. The van der Waals surface area contributed by atoms with Crippen molar-refractivity contribution in [2.75, 3.05) is 46.5 Å². The Balaban J connectivity index is 1.77. The number of amides is 1. The van der Waals surface area contributed by atoms with Crippen molar-refractivity contribution >= 4 is 27.0 Å². The number of carbonyl (C=O) groups is 1. The minimum atomic E-state index is -3.12. The molecule has 1 aliphatic heterocycles. The number of rotatable bonds is 4. The smallest absolute Gasteiger partial charge is 0.253 e. The first-order chi connectivity index (χ1) is 12.2. The molecule has 0 aliphatic carbocycles. The molecule has 1 amide bonds. The van der Waals surface area contributed by atoms with Gasteiger partial charge in [-0.2, -0.15) is 4.31 Å². The maximum Gasteiger partial charge on any atom is 0.253 e. The molecule has 0 saturated carbocycles.